The van der Waals surface area contributed by atoms with Gasteiger partial charge in [0.15, 0.2) is 0 Å². The zero-order chi connectivity index (χ0) is 3.58. The zero-order valence-corrected chi connectivity index (χ0v) is 7.03. The van der Waals surface area contributed by atoms with Crippen LogP contribution >= 0.6 is 0 Å². The Balaban J connectivity index is 4.65. The summed E-state index contributed by atoms with van der Waals surface area (Å²) in [5.74, 6) is 0. The van der Waals surface area contributed by atoms with Crippen molar-refractivity contribution in [3.8, 4) is 0 Å². The van der Waals surface area contributed by atoms with Gasteiger partial charge in [-0.3, -0.25) is 0 Å². The summed E-state index contributed by atoms with van der Waals surface area (Å²) in [7, 11) is 0. The van der Waals surface area contributed by atoms with Gasteiger partial charge in [0.1, 0.15) is 0 Å². The Morgan fingerprint density at radius 2 is 1.50 bits per heavy atom. The molecule has 4 heavy (non-hydrogen) atoms. The maximum absolute atomic E-state index is 9.13. The third-order valence-electron chi connectivity index (χ3n) is 0. The Labute approximate surface area is 36.0 Å². The molecule has 2 nitrogen and oxygen atoms in total. The molecule has 0 atom stereocenters. The van der Waals surface area contributed by atoms with Gasteiger partial charge in [-0.25, -0.2) is 0 Å². The van der Waals surface area contributed by atoms with Crippen LogP contribution in [0.3, 0.4) is 0 Å². The first-order valence-electron chi connectivity index (χ1n) is 0.612. The fourth-order valence-corrected chi connectivity index (χ4v) is 0. The van der Waals surface area contributed by atoms with Gasteiger partial charge in [0.2, 0.25) is 0 Å². The van der Waals surface area contributed by atoms with Crippen molar-refractivity contribution in [1.82, 2.24) is 0 Å². The molecule has 0 bridgehead atoms. The van der Waals surface area contributed by atoms with E-state index in [1.165, 1.54) is 0 Å². The Bertz CT molecular complexity index is 75.4. The van der Waals surface area contributed by atoms with E-state index in [2.05, 4.69) is 0 Å². The predicted octanol–water partition coefficient (Wildman–Crippen LogP) is -0.621. The van der Waals surface area contributed by atoms with E-state index in [1.54, 1.807) is 0 Å². The number of hydrogen-bond acceptors (Lipinski definition) is 2. The predicted molar refractivity (Wildman–Crippen MR) is 7.13 cm³/mol. The van der Waals surface area contributed by atoms with Crippen LogP contribution < -0.4 is 0 Å². The molecule has 0 fully saturated rings. The Kier molecular flexibility index (Phi) is 2.79. The van der Waals surface area contributed by atoms with E-state index in [9.17, 15) is 0 Å². The van der Waals surface area contributed by atoms with Crippen LogP contribution in [0.2, 0.25) is 0 Å². The molecule has 0 aromatic rings. The molecule has 0 aromatic heterocycles. The summed E-state index contributed by atoms with van der Waals surface area (Å²) in [4.78, 5) is 0. The second-order valence-corrected chi connectivity index (χ2v) is 7.77. The third kappa shape index (κ3) is 12.1. The van der Waals surface area contributed by atoms with Gasteiger partial charge < -0.3 is 0 Å². The second-order valence-electron chi connectivity index (χ2n) is 0.250. The Morgan fingerprint density at radius 1 is 1.50 bits per heavy atom. The minimum absolute atomic E-state index is 2.00. The molecule has 0 aliphatic heterocycles. The fraction of sp³-hybridized carbons (Fsp3) is 0. The van der Waals surface area contributed by atoms with E-state index in [4.69, 9.17) is 5.71 Å². The molecule has 22 valence electrons. The Hall–Kier alpha value is 0.990. The maximum atomic E-state index is 9.13. The molecular formula is HfO2Se. The standard InChI is InChI=1S/Hf.2O.Se. The molecule has 0 unspecified atom stereocenters. The second kappa shape index (κ2) is 2.24. The van der Waals surface area contributed by atoms with Crippen LogP contribution in [0.1, 0.15) is 0 Å². The van der Waals surface area contributed by atoms with Crippen LogP contribution in [0.25, 0.3) is 0 Å². The van der Waals surface area contributed by atoms with Gasteiger partial charge in [-0.05, 0) is 0 Å². The molecule has 0 N–H and O–H groups in total. The number of hydrogen-bond donors (Lipinski definition) is 0. The first-order chi connectivity index (χ1) is 1.73. The normalized spacial score (nSPS) is 3.75. The molecule has 0 rings (SSSR count). The van der Waals surface area contributed by atoms with Crippen molar-refractivity contribution in [2.75, 3.05) is 0 Å². The summed E-state index contributed by atoms with van der Waals surface area (Å²) >= 11 is -1.28. The quantitative estimate of drug-likeness (QED) is 0.557. The van der Waals surface area contributed by atoms with Crippen LogP contribution in [0.5, 0.6) is 0 Å². The molecule has 0 aliphatic carbocycles. The zero-order valence-electron chi connectivity index (χ0n) is 1.72. The summed E-state index contributed by atoms with van der Waals surface area (Å²) in [6.45, 7) is 0. The van der Waals surface area contributed by atoms with Crippen molar-refractivity contribution in [2.24, 2.45) is 0 Å². The Morgan fingerprint density at radius 3 is 1.50 bits per heavy atom. The van der Waals surface area contributed by atoms with Crippen LogP contribution in [0.4, 0.5) is 0 Å². The third-order valence-corrected chi connectivity index (χ3v) is 0. The van der Waals surface area contributed by atoms with Crippen molar-refractivity contribution in [2.45, 2.75) is 0 Å². The molecule has 0 saturated heterocycles. The van der Waals surface area contributed by atoms with Crippen LogP contribution in [0.15, 0.2) is 0 Å². The first-order valence-corrected chi connectivity index (χ1v) is 12.0. The molecule has 0 amide bonds. The number of rotatable bonds is 0. The summed E-state index contributed by atoms with van der Waals surface area (Å²) in [5.41, 5.74) is 0. The van der Waals surface area contributed by atoms with Crippen LogP contribution in [0, 0.1) is 0 Å². The first kappa shape index (κ1) is 4.99. The molecule has 0 aromatic carbocycles. The molecule has 0 radical (unpaired) electrons. The monoisotopic (exact) mass is 292 g/mol. The van der Waals surface area contributed by atoms with Gasteiger partial charge in [-0.15, -0.1) is 0 Å². The average Bonchev–Trinajstić information content (AvgIpc) is 0.811. The fourth-order valence-electron chi connectivity index (χ4n) is 0. The van der Waals surface area contributed by atoms with Gasteiger partial charge in [0.05, 0.1) is 0 Å². The van der Waals surface area contributed by atoms with E-state index >= 15 is 0 Å². The van der Waals surface area contributed by atoms with E-state index in [1.807, 2.05) is 11.8 Å². The molecule has 0 spiro atoms. The summed E-state index contributed by atoms with van der Waals surface area (Å²) in [6.07, 6.45) is 0. The molecule has 4 heteroatoms. The average molecular weight is 289 g/mol. The summed E-state index contributed by atoms with van der Waals surface area (Å²) < 4.78 is 18.3. The van der Waals surface area contributed by atoms with Crippen molar-refractivity contribution in [3.05, 3.63) is 0 Å². The van der Waals surface area contributed by atoms with Crippen LogP contribution in [-0.4, -0.2) is 11.8 Å². The van der Waals surface area contributed by atoms with Gasteiger partial charge in [-0.1, -0.05) is 0 Å². The van der Waals surface area contributed by atoms with E-state index < -0.39 is 18.5 Å². The summed E-state index contributed by atoms with van der Waals surface area (Å²) in [6, 6.07) is 0. The van der Waals surface area contributed by atoms with Gasteiger partial charge >= 0.3 is 36.0 Å². The van der Waals surface area contributed by atoms with Crippen molar-refractivity contribution < 1.29 is 24.2 Å². The minimum atomic E-state index is -3.28. The molecule has 0 saturated carbocycles. The van der Waals surface area contributed by atoms with E-state index in [0.717, 1.165) is 0 Å². The van der Waals surface area contributed by atoms with Crippen LogP contribution in [-0.2, 0) is 24.2 Å². The van der Waals surface area contributed by atoms with E-state index in [-0.39, 0.29) is 0 Å². The summed E-state index contributed by atoms with van der Waals surface area (Å²) in [5, 5.41) is 0. The van der Waals surface area contributed by atoms with Gasteiger partial charge in [0.25, 0.3) is 0 Å². The van der Waals surface area contributed by atoms with Gasteiger partial charge in [0, 0.05) is 0 Å². The van der Waals surface area contributed by atoms with Crippen molar-refractivity contribution >= 4 is 11.8 Å². The molecule has 0 aliphatic rings. The SMILES string of the molecule is [O]=[Hf](=[O])=[Se]. The molecular weight excluding hydrogens is 289 g/mol. The van der Waals surface area contributed by atoms with Gasteiger partial charge in [-0.2, -0.15) is 0 Å². The topological polar surface area (TPSA) is 34.1 Å². The van der Waals surface area contributed by atoms with Crippen molar-refractivity contribution in [3.63, 3.8) is 0 Å². The molecule has 0 heterocycles. The van der Waals surface area contributed by atoms with Crippen molar-refractivity contribution in [1.29, 1.82) is 0 Å². The van der Waals surface area contributed by atoms with E-state index in [0.29, 0.717) is 0 Å².